The average Bonchev–Trinajstić information content (AvgIpc) is 2.48. The molecule has 2 aromatic rings. The first-order chi connectivity index (χ1) is 10.1. The van der Waals surface area contributed by atoms with Crippen molar-refractivity contribution in [3.63, 3.8) is 0 Å². The van der Waals surface area contributed by atoms with Gasteiger partial charge in [0.2, 0.25) is 0 Å². The van der Waals surface area contributed by atoms with Crippen molar-refractivity contribution >= 4 is 5.69 Å². The van der Waals surface area contributed by atoms with Gasteiger partial charge in [-0.1, -0.05) is 31.2 Å². The second-order valence-corrected chi connectivity index (χ2v) is 4.98. The molecule has 3 nitrogen and oxygen atoms in total. The molecule has 0 amide bonds. The summed E-state index contributed by atoms with van der Waals surface area (Å²) in [5, 5.41) is 0. The number of rotatable bonds is 6. The van der Waals surface area contributed by atoms with Crippen LogP contribution in [0, 0.1) is 5.82 Å². The lowest BCUT2D eigenvalue weighted by Gasteiger charge is -2.21. The lowest BCUT2D eigenvalue weighted by atomic mass is 10.1. The van der Waals surface area contributed by atoms with Crippen LogP contribution in [0.1, 0.15) is 18.1 Å². The van der Waals surface area contributed by atoms with E-state index in [9.17, 15) is 4.39 Å². The van der Waals surface area contributed by atoms with E-state index in [0.29, 0.717) is 12.1 Å². The van der Waals surface area contributed by atoms with E-state index in [1.165, 1.54) is 7.11 Å². The van der Waals surface area contributed by atoms with Crippen LogP contribution in [0.25, 0.3) is 0 Å². The summed E-state index contributed by atoms with van der Waals surface area (Å²) < 4.78 is 19.2. The van der Waals surface area contributed by atoms with Gasteiger partial charge in [0.15, 0.2) is 11.6 Å². The highest BCUT2D eigenvalue weighted by atomic mass is 19.1. The lowest BCUT2D eigenvalue weighted by Crippen LogP contribution is -2.23. The van der Waals surface area contributed by atoms with Crippen molar-refractivity contribution in [3.05, 3.63) is 59.4 Å². The Morgan fingerprint density at radius 3 is 2.57 bits per heavy atom. The van der Waals surface area contributed by atoms with E-state index in [-0.39, 0.29) is 11.6 Å². The molecule has 0 saturated carbocycles. The topological polar surface area (TPSA) is 38.5 Å². The van der Waals surface area contributed by atoms with Gasteiger partial charge in [-0.25, -0.2) is 4.39 Å². The van der Waals surface area contributed by atoms with E-state index >= 15 is 0 Å². The fraction of sp³-hybridized carbons (Fsp3) is 0.294. The van der Waals surface area contributed by atoms with Crippen LogP contribution in [0.4, 0.5) is 10.1 Å². The Labute approximate surface area is 125 Å². The standard InChI is InChI=1S/C17H21FN2O/c1-3-20(11-13-6-4-8-15(19)10-13)12-14-7-5-9-16(21-2)17(14)18/h4-10H,3,11-12,19H2,1-2H3. The van der Waals surface area contributed by atoms with Gasteiger partial charge < -0.3 is 10.5 Å². The number of hydrogen-bond donors (Lipinski definition) is 1. The molecule has 0 radical (unpaired) electrons. The summed E-state index contributed by atoms with van der Waals surface area (Å²) >= 11 is 0. The van der Waals surface area contributed by atoms with Crippen molar-refractivity contribution in [2.75, 3.05) is 19.4 Å². The van der Waals surface area contributed by atoms with Gasteiger partial charge in [-0.2, -0.15) is 0 Å². The molecule has 21 heavy (non-hydrogen) atoms. The first kappa shape index (κ1) is 15.3. The second kappa shape index (κ2) is 7.09. The maximum Gasteiger partial charge on any atom is 0.169 e. The number of methoxy groups -OCH3 is 1. The molecule has 2 N–H and O–H groups in total. The van der Waals surface area contributed by atoms with Crippen LogP contribution in [-0.4, -0.2) is 18.6 Å². The van der Waals surface area contributed by atoms with Crippen molar-refractivity contribution in [1.82, 2.24) is 4.90 Å². The van der Waals surface area contributed by atoms with Crippen LogP contribution in [0.3, 0.4) is 0 Å². The summed E-state index contributed by atoms with van der Waals surface area (Å²) in [6.45, 7) is 4.16. The summed E-state index contributed by atoms with van der Waals surface area (Å²) in [6, 6.07) is 13.0. The Kier molecular flexibility index (Phi) is 5.17. The minimum Gasteiger partial charge on any atom is -0.494 e. The molecule has 0 aliphatic heterocycles. The SMILES string of the molecule is CCN(Cc1cccc(N)c1)Cc1cccc(OC)c1F. The van der Waals surface area contributed by atoms with Crippen LogP contribution in [0.15, 0.2) is 42.5 Å². The Morgan fingerprint density at radius 2 is 1.90 bits per heavy atom. The smallest absolute Gasteiger partial charge is 0.169 e. The van der Waals surface area contributed by atoms with Crippen LogP contribution in [0.2, 0.25) is 0 Å². The number of nitrogen functional groups attached to an aromatic ring is 1. The van der Waals surface area contributed by atoms with Gasteiger partial charge in [0.05, 0.1) is 7.11 Å². The van der Waals surface area contributed by atoms with Gasteiger partial charge in [-0.15, -0.1) is 0 Å². The summed E-state index contributed by atoms with van der Waals surface area (Å²) in [4.78, 5) is 2.16. The molecule has 0 aliphatic carbocycles. The molecule has 0 aromatic heterocycles. The highest BCUT2D eigenvalue weighted by Crippen LogP contribution is 2.22. The van der Waals surface area contributed by atoms with Crippen molar-refractivity contribution in [3.8, 4) is 5.75 Å². The zero-order valence-corrected chi connectivity index (χ0v) is 12.5. The minimum atomic E-state index is -0.286. The number of hydrogen-bond acceptors (Lipinski definition) is 3. The Balaban J connectivity index is 2.12. The van der Waals surface area contributed by atoms with Crippen molar-refractivity contribution in [2.45, 2.75) is 20.0 Å². The van der Waals surface area contributed by atoms with E-state index in [4.69, 9.17) is 10.5 Å². The predicted octanol–water partition coefficient (Wildman–Crippen LogP) is 3.44. The molecule has 0 fully saturated rings. The quantitative estimate of drug-likeness (QED) is 0.828. The number of nitrogens with two attached hydrogens (primary N) is 1. The van der Waals surface area contributed by atoms with Crippen molar-refractivity contribution in [2.24, 2.45) is 0 Å². The summed E-state index contributed by atoms with van der Waals surface area (Å²) in [7, 11) is 1.48. The zero-order chi connectivity index (χ0) is 15.2. The first-order valence-corrected chi connectivity index (χ1v) is 7.02. The maximum atomic E-state index is 14.2. The Hall–Kier alpha value is -2.07. The fourth-order valence-electron chi connectivity index (χ4n) is 2.31. The molecule has 0 spiro atoms. The largest absolute Gasteiger partial charge is 0.494 e. The third-order valence-corrected chi connectivity index (χ3v) is 3.46. The van der Waals surface area contributed by atoms with Gasteiger partial charge in [0.1, 0.15) is 0 Å². The first-order valence-electron chi connectivity index (χ1n) is 7.02. The summed E-state index contributed by atoms with van der Waals surface area (Å²) in [6.07, 6.45) is 0. The van der Waals surface area contributed by atoms with E-state index < -0.39 is 0 Å². The number of ether oxygens (including phenoxy) is 1. The van der Waals surface area contributed by atoms with Crippen LogP contribution in [0.5, 0.6) is 5.75 Å². The Morgan fingerprint density at radius 1 is 1.14 bits per heavy atom. The van der Waals surface area contributed by atoms with E-state index in [2.05, 4.69) is 11.8 Å². The molecular weight excluding hydrogens is 267 g/mol. The third kappa shape index (κ3) is 3.95. The molecule has 112 valence electrons. The van der Waals surface area contributed by atoms with Crippen molar-refractivity contribution in [1.29, 1.82) is 0 Å². The normalized spacial score (nSPS) is 10.9. The number of benzene rings is 2. The molecular formula is C17H21FN2O. The van der Waals surface area contributed by atoms with Gasteiger partial charge in [-0.3, -0.25) is 4.90 Å². The molecule has 4 heteroatoms. The number of nitrogens with zero attached hydrogens (tertiary/aromatic N) is 1. The molecule has 0 heterocycles. The summed E-state index contributed by atoms with van der Waals surface area (Å²) in [5.74, 6) is -0.00136. The second-order valence-electron chi connectivity index (χ2n) is 4.98. The molecule has 0 bridgehead atoms. The Bertz CT molecular complexity index is 601. The number of halogens is 1. The zero-order valence-electron chi connectivity index (χ0n) is 12.5. The van der Waals surface area contributed by atoms with Gasteiger partial charge in [-0.05, 0) is 30.3 Å². The highest BCUT2D eigenvalue weighted by Gasteiger charge is 2.12. The van der Waals surface area contributed by atoms with Crippen LogP contribution < -0.4 is 10.5 Å². The van der Waals surface area contributed by atoms with Gasteiger partial charge >= 0.3 is 0 Å². The third-order valence-electron chi connectivity index (χ3n) is 3.46. The monoisotopic (exact) mass is 288 g/mol. The minimum absolute atomic E-state index is 0.285. The van der Waals surface area contributed by atoms with Crippen LogP contribution in [-0.2, 0) is 13.1 Å². The van der Waals surface area contributed by atoms with E-state index in [0.717, 1.165) is 24.3 Å². The lowest BCUT2D eigenvalue weighted by molar-refractivity contribution is 0.265. The summed E-state index contributed by atoms with van der Waals surface area (Å²) in [5.41, 5.74) is 8.31. The average molecular weight is 288 g/mol. The number of anilines is 1. The van der Waals surface area contributed by atoms with Gasteiger partial charge in [0.25, 0.3) is 0 Å². The van der Waals surface area contributed by atoms with E-state index in [1.807, 2.05) is 30.3 Å². The highest BCUT2D eigenvalue weighted by molar-refractivity contribution is 5.40. The molecule has 0 aliphatic rings. The van der Waals surface area contributed by atoms with Crippen LogP contribution >= 0.6 is 0 Å². The fourth-order valence-corrected chi connectivity index (χ4v) is 2.31. The predicted molar refractivity (Wildman–Crippen MR) is 83.6 cm³/mol. The molecule has 2 rings (SSSR count). The van der Waals surface area contributed by atoms with Gasteiger partial charge in [0, 0.05) is 24.3 Å². The molecule has 0 unspecified atom stereocenters. The van der Waals surface area contributed by atoms with E-state index in [1.54, 1.807) is 12.1 Å². The molecule has 0 atom stereocenters. The maximum absolute atomic E-state index is 14.2. The molecule has 2 aromatic carbocycles. The van der Waals surface area contributed by atoms with Crippen molar-refractivity contribution < 1.29 is 9.13 Å². The molecule has 0 saturated heterocycles.